The van der Waals surface area contributed by atoms with Crippen LogP contribution in [0, 0.1) is 5.41 Å². The minimum Gasteiger partial charge on any atom is -0.469 e. The molecule has 1 unspecified atom stereocenters. The van der Waals surface area contributed by atoms with Gasteiger partial charge in [-0.15, -0.1) is 24.0 Å². The third-order valence-electron chi connectivity index (χ3n) is 5.69. The first-order valence-electron chi connectivity index (χ1n) is 10.8. The quantitative estimate of drug-likeness (QED) is 0.171. The molecule has 2 fully saturated rings. The van der Waals surface area contributed by atoms with E-state index in [1.807, 2.05) is 12.1 Å². The third-order valence-corrected chi connectivity index (χ3v) is 5.69. The maximum atomic E-state index is 9.44. The fourth-order valence-electron chi connectivity index (χ4n) is 3.80. The minimum atomic E-state index is -0.0435. The van der Waals surface area contributed by atoms with Crippen LogP contribution in [-0.4, -0.2) is 88.3 Å². The second-order valence-corrected chi connectivity index (χ2v) is 7.93. The third kappa shape index (κ3) is 8.70. The fraction of sp³-hybridized carbons (Fsp3) is 0.762. The Hall–Kier alpha value is -0.880. The highest BCUT2D eigenvalue weighted by atomic mass is 127. The van der Waals surface area contributed by atoms with Gasteiger partial charge in [0.1, 0.15) is 5.76 Å². The Morgan fingerprint density at radius 1 is 1.17 bits per heavy atom. The van der Waals surface area contributed by atoms with Crippen molar-refractivity contribution in [1.29, 1.82) is 0 Å². The van der Waals surface area contributed by atoms with Gasteiger partial charge in [0.15, 0.2) is 5.96 Å². The zero-order valence-electron chi connectivity index (χ0n) is 17.8. The van der Waals surface area contributed by atoms with Gasteiger partial charge < -0.3 is 29.6 Å². The highest BCUT2D eigenvalue weighted by Crippen LogP contribution is 2.32. The summed E-state index contributed by atoms with van der Waals surface area (Å²) < 4.78 is 16.4. The highest BCUT2D eigenvalue weighted by molar-refractivity contribution is 14.0. The molecule has 2 aliphatic rings. The lowest BCUT2D eigenvalue weighted by atomic mass is 9.84. The predicted octanol–water partition coefficient (Wildman–Crippen LogP) is 1.49. The van der Waals surface area contributed by atoms with E-state index in [2.05, 4.69) is 15.5 Å². The van der Waals surface area contributed by atoms with E-state index >= 15 is 0 Å². The second-order valence-electron chi connectivity index (χ2n) is 7.93. The monoisotopic (exact) mass is 536 g/mol. The van der Waals surface area contributed by atoms with Gasteiger partial charge in [-0.3, -0.25) is 9.89 Å². The second kappa shape index (κ2) is 14.2. The van der Waals surface area contributed by atoms with Crippen molar-refractivity contribution < 1.29 is 19.0 Å². The van der Waals surface area contributed by atoms with E-state index in [-0.39, 0.29) is 36.0 Å². The van der Waals surface area contributed by atoms with Crippen molar-refractivity contribution in [1.82, 2.24) is 15.5 Å². The van der Waals surface area contributed by atoms with Crippen LogP contribution in [0.25, 0.3) is 0 Å². The maximum Gasteiger partial charge on any atom is 0.191 e. The number of aliphatic hydroxyl groups is 1. The molecule has 0 spiro atoms. The normalized spacial score (nSPS) is 22.6. The van der Waals surface area contributed by atoms with Crippen molar-refractivity contribution in [3.05, 3.63) is 24.2 Å². The molecule has 2 aliphatic heterocycles. The molecule has 9 heteroatoms. The first kappa shape index (κ1) is 25.4. The van der Waals surface area contributed by atoms with Gasteiger partial charge in [0, 0.05) is 51.2 Å². The molecule has 30 heavy (non-hydrogen) atoms. The number of nitrogens with one attached hydrogen (secondary N) is 2. The number of rotatable bonds is 11. The van der Waals surface area contributed by atoms with Gasteiger partial charge in [0.2, 0.25) is 0 Å². The van der Waals surface area contributed by atoms with Crippen LogP contribution in [0.15, 0.2) is 27.8 Å². The molecular formula is C21H37IN4O4. The SMILES string of the molecule is I.OCCC1(CN=C(NCCCN2CCOCC2)NCCc2ccco2)CCOC1. The summed E-state index contributed by atoms with van der Waals surface area (Å²) in [5, 5.41) is 16.3. The number of furan rings is 1. The van der Waals surface area contributed by atoms with E-state index in [1.165, 1.54) is 0 Å². The molecule has 1 aromatic rings. The van der Waals surface area contributed by atoms with E-state index in [1.54, 1.807) is 6.26 Å². The number of hydrogen-bond acceptors (Lipinski definition) is 6. The summed E-state index contributed by atoms with van der Waals surface area (Å²) in [6, 6.07) is 3.90. The molecule has 3 rings (SSSR count). The first-order valence-corrected chi connectivity index (χ1v) is 10.8. The average molecular weight is 536 g/mol. The van der Waals surface area contributed by atoms with Crippen molar-refractivity contribution in [3.63, 3.8) is 0 Å². The number of nitrogens with zero attached hydrogens (tertiary/aromatic N) is 2. The van der Waals surface area contributed by atoms with Crippen molar-refractivity contribution >= 4 is 29.9 Å². The summed E-state index contributed by atoms with van der Waals surface area (Å²) in [6.07, 6.45) is 5.25. The Bertz CT molecular complexity index is 588. The summed E-state index contributed by atoms with van der Waals surface area (Å²) in [5.41, 5.74) is -0.0435. The molecule has 8 nitrogen and oxygen atoms in total. The van der Waals surface area contributed by atoms with Crippen LogP contribution < -0.4 is 10.6 Å². The molecule has 0 saturated carbocycles. The number of guanidine groups is 1. The summed E-state index contributed by atoms with van der Waals surface area (Å²) in [5.74, 6) is 1.79. The van der Waals surface area contributed by atoms with Gasteiger partial charge in [0.05, 0.1) is 32.6 Å². The number of aliphatic hydroxyl groups excluding tert-OH is 1. The van der Waals surface area contributed by atoms with E-state index in [0.717, 1.165) is 89.9 Å². The van der Waals surface area contributed by atoms with Crippen LogP contribution in [0.4, 0.5) is 0 Å². The number of aliphatic imine (C=N–C) groups is 1. The van der Waals surface area contributed by atoms with Gasteiger partial charge in [0.25, 0.3) is 0 Å². The Labute approximate surface area is 196 Å². The minimum absolute atomic E-state index is 0. The van der Waals surface area contributed by atoms with Gasteiger partial charge in [-0.25, -0.2) is 0 Å². The van der Waals surface area contributed by atoms with Gasteiger partial charge in [-0.1, -0.05) is 0 Å². The van der Waals surface area contributed by atoms with Crippen LogP contribution in [0.1, 0.15) is 25.0 Å². The smallest absolute Gasteiger partial charge is 0.191 e. The fourth-order valence-corrected chi connectivity index (χ4v) is 3.80. The standard InChI is InChI=1S/C21H36N4O4.HI/c26-12-5-21(6-14-28-18-21)17-24-20(23-8-4-19-3-1-13-29-19)22-7-2-9-25-10-15-27-16-11-25;/h1,3,13,26H,2,4-12,14-18H2,(H2,22,23,24);1H. The summed E-state index contributed by atoms with van der Waals surface area (Å²) in [6.45, 7) is 8.67. The topological polar surface area (TPSA) is 91.5 Å². The number of ether oxygens (including phenoxy) is 2. The molecule has 1 aromatic heterocycles. The Kier molecular flexibility index (Phi) is 12.0. The van der Waals surface area contributed by atoms with Gasteiger partial charge in [-0.05, 0) is 37.9 Å². The molecule has 0 amide bonds. The molecule has 0 aromatic carbocycles. The van der Waals surface area contributed by atoms with Crippen LogP contribution >= 0.6 is 24.0 Å². The summed E-state index contributed by atoms with van der Waals surface area (Å²) in [7, 11) is 0. The summed E-state index contributed by atoms with van der Waals surface area (Å²) >= 11 is 0. The molecule has 0 radical (unpaired) electrons. The van der Waals surface area contributed by atoms with E-state index in [4.69, 9.17) is 18.9 Å². The lowest BCUT2D eigenvalue weighted by Gasteiger charge is -2.27. The molecule has 1 atom stereocenters. The van der Waals surface area contributed by atoms with Gasteiger partial charge in [-0.2, -0.15) is 0 Å². The van der Waals surface area contributed by atoms with E-state index in [0.29, 0.717) is 13.2 Å². The van der Waals surface area contributed by atoms with Crippen LogP contribution in [0.2, 0.25) is 0 Å². The lowest BCUT2D eigenvalue weighted by molar-refractivity contribution is 0.0376. The molecule has 3 N–H and O–H groups in total. The number of hydrogen-bond donors (Lipinski definition) is 3. The highest BCUT2D eigenvalue weighted by Gasteiger charge is 2.34. The lowest BCUT2D eigenvalue weighted by Crippen LogP contribution is -2.42. The average Bonchev–Trinajstić information content (AvgIpc) is 3.43. The Morgan fingerprint density at radius 3 is 2.70 bits per heavy atom. The predicted molar refractivity (Wildman–Crippen MR) is 128 cm³/mol. The van der Waals surface area contributed by atoms with Crippen LogP contribution in [0.5, 0.6) is 0 Å². The Morgan fingerprint density at radius 2 is 2.00 bits per heavy atom. The van der Waals surface area contributed by atoms with E-state index < -0.39 is 0 Å². The zero-order chi connectivity index (χ0) is 20.2. The number of halogens is 1. The molecular weight excluding hydrogens is 499 g/mol. The van der Waals surface area contributed by atoms with Crippen molar-refractivity contribution in [2.24, 2.45) is 10.4 Å². The zero-order valence-corrected chi connectivity index (χ0v) is 20.1. The largest absolute Gasteiger partial charge is 0.469 e. The van der Waals surface area contributed by atoms with Crippen molar-refractivity contribution in [2.45, 2.75) is 25.7 Å². The Balaban J connectivity index is 0.00000320. The van der Waals surface area contributed by atoms with Crippen LogP contribution in [-0.2, 0) is 15.9 Å². The van der Waals surface area contributed by atoms with Crippen LogP contribution in [0.3, 0.4) is 0 Å². The molecule has 172 valence electrons. The summed E-state index contributed by atoms with van der Waals surface area (Å²) in [4.78, 5) is 7.28. The van der Waals surface area contributed by atoms with Gasteiger partial charge >= 0.3 is 0 Å². The number of morpholine rings is 1. The first-order chi connectivity index (χ1) is 14.3. The molecule has 2 saturated heterocycles. The van der Waals surface area contributed by atoms with E-state index in [9.17, 15) is 5.11 Å². The molecule has 0 bridgehead atoms. The molecule has 0 aliphatic carbocycles. The van der Waals surface area contributed by atoms with Crippen molar-refractivity contribution in [2.75, 3.05) is 72.3 Å². The van der Waals surface area contributed by atoms with Crippen molar-refractivity contribution in [3.8, 4) is 0 Å². The molecule has 3 heterocycles. The maximum absolute atomic E-state index is 9.44.